The van der Waals surface area contributed by atoms with Crippen LogP contribution in [0.3, 0.4) is 0 Å². The van der Waals surface area contributed by atoms with Crippen LogP contribution in [0.4, 0.5) is 32.3 Å². The smallest absolute Gasteiger partial charge is 0.319 e. The van der Waals surface area contributed by atoms with Crippen LogP contribution in [-0.4, -0.2) is 64.4 Å². The van der Waals surface area contributed by atoms with Crippen LogP contribution in [0.15, 0.2) is 48.5 Å². The van der Waals surface area contributed by atoms with Gasteiger partial charge in [-0.15, -0.1) is 0 Å². The van der Waals surface area contributed by atoms with Gasteiger partial charge in [-0.05, 0) is 68.1 Å². The molecule has 66 heavy (non-hydrogen) atoms. The van der Waals surface area contributed by atoms with Gasteiger partial charge in [0, 0.05) is 30.5 Å². The standard InChI is InChI=1S/C52H80N6O8/c1-7-11-15-17-19-21-23-25-33-65-45-29-27-39(55-51(61)53-31-13-9-3)35-41(45)49(59)57-43-37-44(48(64-6)38-47(43)63-5)58-50(60)42-36-40(56-52(62)54-32-14-10-4)28-30-46(42)66-34-26-24-22-20-18-16-12-8-2/h27-30,35-38H,7-26,31-34H2,1-6H3,(H,57,59)(H,58,60)(H2,53,55,61)(H2,54,56,62). The molecule has 366 valence electrons. The lowest BCUT2D eigenvalue weighted by Gasteiger charge is -2.18. The largest absolute Gasteiger partial charge is 0.494 e. The topological polar surface area (TPSA) is 177 Å². The molecule has 6 amide bonds. The zero-order valence-corrected chi connectivity index (χ0v) is 40.9. The maximum Gasteiger partial charge on any atom is 0.319 e. The van der Waals surface area contributed by atoms with E-state index in [0.717, 1.165) is 64.2 Å². The normalized spacial score (nSPS) is 10.8. The van der Waals surface area contributed by atoms with Crippen LogP contribution in [0.1, 0.15) is 177 Å². The summed E-state index contributed by atoms with van der Waals surface area (Å²) in [5.74, 6) is 0.229. The zero-order valence-electron chi connectivity index (χ0n) is 40.9. The van der Waals surface area contributed by atoms with Crippen molar-refractivity contribution in [2.45, 2.75) is 156 Å². The summed E-state index contributed by atoms with van der Waals surface area (Å²) in [6, 6.07) is 12.3. The molecular weight excluding hydrogens is 837 g/mol. The molecular formula is C52H80N6O8. The lowest BCUT2D eigenvalue weighted by atomic mass is 10.1. The fourth-order valence-corrected chi connectivity index (χ4v) is 7.24. The number of anilines is 4. The average molecular weight is 917 g/mol. The zero-order chi connectivity index (χ0) is 47.8. The molecule has 0 aromatic heterocycles. The van der Waals surface area contributed by atoms with Gasteiger partial charge in [-0.1, -0.05) is 130 Å². The molecule has 3 rings (SSSR count). The first-order valence-electron chi connectivity index (χ1n) is 24.7. The van der Waals surface area contributed by atoms with Gasteiger partial charge >= 0.3 is 12.1 Å². The predicted octanol–water partition coefficient (Wildman–Crippen LogP) is 13.1. The van der Waals surface area contributed by atoms with Crippen LogP contribution in [-0.2, 0) is 0 Å². The molecule has 0 heterocycles. The first kappa shape index (κ1) is 54.7. The van der Waals surface area contributed by atoms with E-state index in [-0.39, 0.29) is 46.1 Å². The molecule has 0 fully saturated rings. The molecule has 0 aliphatic rings. The summed E-state index contributed by atoms with van der Waals surface area (Å²) in [7, 11) is 2.94. The minimum absolute atomic E-state index is 0.200. The Hall–Kier alpha value is -5.66. The second kappa shape index (κ2) is 32.9. The van der Waals surface area contributed by atoms with Crippen molar-refractivity contribution in [1.29, 1.82) is 0 Å². The molecule has 3 aromatic carbocycles. The fraction of sp³-hybridized carbons (Fsp3) is 0.577. The molecule has 0 saturated heterocycles. The van der Waals surface area contributed by atoms with E-state index in [0.29, 0.717) is 49.2 Å². The van der Waals surface area contributed by atoms with Crippen LogP contribution in [0.5, 0.6) is 23.0 Å². The Bertz CT molecular complexity index is 1780. The SMILES string of the molecule is CCCCCCCCCCOc1ccc(NC(=O)NCCCC)cc1C(=O)Nc1cc(NC(=O)c2cc(NC(=O)NCCCC)ccc2OCCCCCCCCCC)c(OC)cc1OC. The number of carbonyl (C=O) groups is 4. The van der Waals surface area contributed by atoms with Gasteiger partial charge in [0.1, 0.15) is 23.0 Å². The van der Waals surface area contributed by atoms with Crippen LogP contribution in [0.2, 0.25) is 0 Å². The second-order valence-corrected chi connectivity index (χ2v) is 16.7. The molecule has 14 nitrogen and oxygen atoms in total. The minimum Gasteiger partial charge on any atom is -0.494 e. The van der Waals surface area contributed by atoms with E-state index in [2.05, 4.69) is 45.7 Å². The van der Waals surface area contributed by atoms with Crippen molar-refractivity contribution in [2.24, 2.45) is 0 Å². The number of hydrogen-bond acceptors (Lipinski definition) is 8. The van der Waals surface area contributed by atoms with Gasteiger partial charge < -0.3 is 50.8 Å². The van der Waals surface area contributed by atoms with Crippen molar-refractivity contribution < 1.29 is 38.1 Å². The van der Waals surface area contributed by atoms with Gasteiger partial charge in [0.25, 0.3) is 11.8 Å². The van der Waals surface area contributed by atoms with Gasteiger partial charge in [-0.3, -0.25) is 9.59 Å². The highest BCUT2D eigenvalue weighted by molar-refractivity contribution is 6.10. The molecule has 0 spiro atoms. The molecule has 0 aliphatic heterocycles. The summed E-state index contributed by atoms with van der Waals surface area (Å²) in [6.07, 6.45) is 21.9. The maximum atomic E-state index is 14.3. The first-order chi connectivity index (χ1) is 32.2. The monoisotopic (exact) mass is 917 g/mol. The van der Waals surface area contributed by atoms with Crippen molar-refractivity contribution >= 4 is 46.6 Å². The lowest BCUT2D eigenvalue weighted by molar-refractivity contribution is 0.101. The molecule has 0 radical (unpaired) electrons. The van der Waals surface area contributed by atoms with E-state index >= 15 is 0 Å². The van der Waals surface area contributed by atoms with Gasteiger partial charge in [-0.25, -0.2) is 9.59 Å². The highest BCUT2D eigenvalue weighted by Crippen LogP contribution is 2.38. The van der Waals surface area contributed by atoms with E-state index in [1.807, 2.05) is 13.8 Å². The summed E-state index contributed by atoms with van der Waals surface area (Å²) in [4.78, 5) is 53.9. The molecule has 6 N–H and O–H groups in total. The first-order valence-corrected chi connectivity index (χ1v) is 24.7. The van der Waals surface area contributed by atoms with Crippen LogP contribution in [0.25, 0.3) is 0 Å². The number of unbranched alkanes of at least 4 members (excludes halogenated alkanes) is 16. The number of ether oxygens (including phenoxy) is 4. The van der Waals surface area contributed by atoms with Crippen molar-refractivity contribution in [1.82, 2.24) is 10.6 Å². The Kier molecular flexibility index (Phi) is 27.3. The fourth-order valence-electron chi connectivity index (χ4n) is 7.24. The van der Waals surface area contributed by atoms with E-state index in [9.17, 15) is 19.2 Å². The summed E-state index contributed by atoms with van der Waals surface area (Å²) in [5, 5.41) is 17.2. The Balaban J connectivity index is 1.87. The van der Waals surface area contributed by atoms with Gasteiger partial charge in [-0.2, -0.15) is 0 Å². The molecule has 0 atom stereocenters. The van der Waals surface area contributed by atoms with E-state index in [1.165, 1.54) is 78.4 Å². The summed E-state index contributed by atoms with van der Waals surface area (Å²) < 4.78 is 23.8. The molecule has 0 unspecified atom stereocenters. The third-order valence-electron chi connectivity index (χ3n) is 11.1. The summed E-state index contributed by atoms with van der Waals surface area (Å²) in [6.45, 7) is 10.4. The van der Waals surface area contributed by atoms with Crippen molar-refractivity contribution in [3.63, 3.8) is 0 Å². The number of hydrogen-bond donors (Lipinski definition) is 6. The molecule has 14 heteroatoms. The van der Waals surface area contributed by atoms with E-state index in [4.69, 9.17) is 18.9 Å². The van der Waals surface area contributed by atoms with Crippen LogP contribution < -0.4 is 50.8 Å². The summed E-state index contributed by atoms with van der Waals surface area (Å²) >= 11 is 0. The van der Waals surface area contributed by atoms with Gasteiger partial charge in [0.2, 0.25) is 0 Å². The molecule has 0 bridgehead atoms. The molecule has 0 aliphatic carbocycles. The highest BCUT2D eigenvalue weighted by Gasteiger charge is 2.22. The van der Waals surface area contributed by atoms with Crippen molar-refractivity contribution in [2.75, 3.05) is 61.8 Å². The van der Waals surface area contributed by atoms with Crippen molar-refractivity contribution in [3.8, 4) is 23.0 Å². The number of benzene rings is 3. The highest BCUT2D eigenvalue weighted by atomic mass is 16.5. The average Bonchev–Trinajstić information content (AvgIpc) is 3.31. The molecule has 3 aromatic rings. The van der Waals surface area contributed by atoms with Crippen LogP contribution in [0, 0.1) is 0 Å². The molecule has 0 saturated carbocycles. The number of urea groups is 2. The Morgan fingerprint density at radius 3 is 1.14 bits per heavy atom. The minimum atomic E-state index is -0.524. The Labute approximate surface area is 394 Å². The lowest BCUT2D eigenvalue weighted by Crippen LogP contribution is -2.29. The number of carbonyl (C=O) groups excluding carboxylic acids is 4. The van der Waals surface area contributed by atoms with Gasteiger partial charge in [0.15, 0.2) is 0 Å². The number of nitrogens with one attached hydrogen (secondary N) is 6. The summed E-state index contributed by atoms with van der Waals surface area (Å²) in [5.41, 5.74) is 1.72. The van der Waals surface area contributed by atoms with Crippen molar-refractivity contribution in [3.05, 3.63) is 59.7 Å². The number of amides is 6. The number of rotatable bonds is 34. The van der Waals surface area contributed by atoms with Gasteiger partial charge in [0.05, 0.1) is 49.9 Å². The van der Waals surface area contributed by atoms with E-state index in [1.54, 1.807) is 48.5 Å². The maximum absolute atomic E-state index is 14.3. The quantitative estimate of drug-likeness (QED) is 0.0321. The van der Waals surface area contributed by atoms with Crippen LogP contribution >= 0.6 is 0 Å². The third kappa shape index (κ3) is 20.7. The second-order valence-electron chi connectivity index (χ2n) is 16.7. The number of methoxy groups -OCH3 is 2. The Morgan fingerprint density at radius 2 is 0.773 bits per heavy atom. The van der Waals surface area contributed by atoms with E-state index < -0.39 is 11.8 Å². The third-order valence-corrected chi connectivity index (χ3v) is 11.1. The Morgan fingerprint density at radius 1 is 0.409 bits per heavy atom. The predicted molar refractivity (Wildman–Crippen MR) is 268 cm³/mol.